The molecule has 0 unspecified atom stereocenters. The molecule has 2 atom stereocenters. The topological polar surface area (TPSA) is 75.3 Å². The number of hydrogen-bond acceptors (Lipinski definition) is 3. The Hall–Kier alpha value is -1.59. The smallest absolute Gasteiger partial charge is 0.303 e. The van der Waals surface area contributed by atoms with Crippen molar-refractivity contribution in [2.45, 2.75) is 44.3 Å². The molecule has 4 N–H and O–H groups in total. The highest BCUT2D eigenvalue weighted by molar-refractivity contribution is 6.30. The number of halogens is 2. The van der Waals surface area contributed by atoms with Crippen LogP contribution in [0.5, 0.6) is 0 Å². The van der Waals surface area contributed by atoms with Gasteiger partial charge in [0.2, 0.25) is 0 Å². The lowest BCUT2D eigenvalue weighted by atomic mass is 9.78. The summed E-state index contributed by atoms with van der Waals surface area (Å²) in [6.07, 6.45) is 0.373. The molecule has 0 saturated heterocycles. The van der Waals surface area contributed by atoms with Crippen molar-refractivity contribution >= 4 is 29.2 Å². The molecule has 140 valence electrons. The number of carboxylic acids is 1. The number of aliphatic carboxylic acids is 1. The van der Waals surface area contributed by atoms with Crippen LogP contribution < -0.4 is 11.1 Å². The van der Waals surface area contributed by atoms with Crippen LogP contribution in [-0.2, 0) is 10.5 Å². The molecule has 6 heteroatoms. The normalized spacial score (nSPS) is 14.8. The Balaban J connectivity index is 2.56. The summed E-state index contributed by atoms with van der Waals surface area (Å²) < 4.78 is 0. The van der Waals surface area contributed by atoms with E-state index in [4.69, 9.17) is 28.9 Å². The fourth-order valence-corrected chi connectivity index (χ4v) is 3.56. The zero-order valence-electron chi connectivity index (χ0n) is 14.9. The lowest BCUT2D eigenvalue weighted by Crippen LogP contribution is -2.57. The van der Waals surface area contributed by atoms with Gasteiger partial charge in [-0.05, 0) is 55.7 Å². The van der Waals surface area contributed by atoms with E-state index in [2.05, 4.69) is 5.32 Å². The molecule has 0 heterocycles. The maximum absolute atomic E-state index is 11.2. The first-order valence-electron chi connectivity index (χ1n) is 8.52. The van der Waals surface area contributed by atoms with Crippen molar-refractivity contribution in [3.63, 3.8) is 0 Å². The van der Waals surface area contributed by atoms with Crippen LogP contribution >= 0.6 is 23.2 Å². The Kier molecular flexibility index (Phi) is 7.07. The van der Waals surface area contributed by atoms with Gasteiger partial charge in [0.1, 0.15) is 0 Å². The Morgan fingerprint density at radius 2 is 1.81 bits per heavy atom. The molecule has 0 bridgehead atoms. The summed E-state index contributed by atoms with van der Waals surface area (Å²) in [5, 5.41) is 13.9. The minimum absolute atomic E-state index is 0.00347. The molecule has 0 radical (unpaired) electrons. The van der Waals surface area contributed by atoms with Crippen LogP contribution in [0.2, 0.25) is 10.0 Å². The van der Waals surface area contributed by atoms with E-state index in [0.717, 1.165) is 11.1 Å². The van der Waals surface area contributed by atoms with Gasteiger partial charge in [0, 0.05) is 28.4 Å². The second kappa shape index (κ2) is 8.87. The second-order valence-electron chi connectivity index (χ2n) is 6.71. The summed E-state index contributed by atoms with van der Waals surface area (Å²) >= 11 is 12.2. The molecule has 2 aromatic carbocycles. The largest absolute Gasteiger partial charge is 0.481 e. The molecule has 0 saturated carbocycles. The van der Waals surface area contributed by atoms with E-state index in [0.29, 0.717) is 16.5 Å². The van der Waals surface area contributed by atoms with Gasteiger partial charge in [0.25, 0.3) is 0 Å². The molecule has 0 aromatic heterocycles. The average Bonchev–Trinajstić information content (AvgIpc) is 2.54. The lowest BCUT2D eigenvalue weighted by Gasteiger charge is -2.41. The van der Waals surface area contributed by atoms with Crippen molar-refractivity contribution in [1.82, 2.24) is 5.32 Å². The summed E-state index contributed by atoms with van der Waals surface area (Å²) in [4.78, 5) is 11.2. The van der Waals surface area contributed by atoms with E-state index in [1.54, 1.807) is 18.2 Å². The van der Waals surface area contributed by atoms with E-state index >= 15 is 0 Å². The Labute approximate surface area is 164 Å². The minimum Gasteiger partial charge on any atom is -0.481 e. The Morgan fingerprint density at radius 3 is 2.35 bits per heavy atom. The lowest BCUT2D eigenvalue weighted by molar-refractivity contribution is -0.137. The van der Waals surface area contributed by atoms with Crippen LogP contribution in [0.1, 0.15) is 43.7 Å². The fourth-order valence-electron chi connectivity index (χ4n) is 3.24. The zero-order valence-corrected chi connectivity index (χ0v) is 16.4. The quantitative estimate of drug-likeness (QED) is 0.564. The first-order valence-corrected chi connectivity index (χ1v) is 9.28. The van der Waals surface area contributed by atoms with Gasteiger partial charge in [-0.25, -0.2) is 0 Å². The molecular formula is C20H24Cl2N2O2. The number of rotatable bonds is 8. The maximum Gasteiger partial charge on any atom is 0.303 e. The molecule has 0 fully saturated rings. The van der Waals surface area contributed by atoms with Gasteiger partial charge in [-0.15, -0.1) is 0 Å². The Bertz CT molecular complexity index is 750. The molecular weight excluding hydrogens is 371 g/mol. The van der Waals surface area contributed by atoms with Gasteiger partial charge in [-0.1, -0.05) is 47.5 Å². The maximum atomic E-state index is 11.2. The summed E-state index contributed by atoms with van der Waals surface area (Å²) in [5.74, 6) is -1.15. The van der Waals surface area contributed by atoms with Gasteiger partial charge >= 0.3 is 5.97 Å². The van der Waals surface area contributed by atoms with E-state index in [-0.39, 0.29) is 18.4 Å². The summed E-state index contributed by atoms with van der Waals surface area (Å²) in [6.45, 7) is 4.01. The van der Waals surface area contributed by atoms with E-state index in [1.807, 2.05) is 44.2 Å². The number of carbonyl (C=O) groups is 1. The van der Waals surface area contributed by atoms with Gasteiger partial charge in [0.15, 0.2) is 0 Å². The fraction of sp³-hybridized carbons (Fsp3) is 0.350. The van der Waals surface area contributed by atoms with Crippen LogP contribution in [0.15, 0.2) is 48.5 Å². The van der Waals surface area contributed by atoms with Gasteiger partial charge < -0.3 is 10.8 Å². The third-order valence-electron chi connectivity index (χ3n) is 4.30. The highest BCUT2D eigenvalue weighted by Crippen LogP contribution is 2.38. The zero-order chi connectivity index (χ0) is 19.3. The second-order valence-corrected chi connectivity index (χ2v) is 7.59. The predicted octanol–water partition coefficient (Wildman–Crippen LogP) is 4.75. The highest BCUT2D eigenvalue weighted by Gasteiger charge is 2.38. The van der Waals surface area contributed by atoms with Crippen LogP contribution in [-0.4, -0.2) is 17.1 Å². The molecule has 0 amide bonds. The van der Waals surface area contributed by atoms with Crippen LogP contribution in [0.4, 0.5) is 0 Å². The van der Waals surface area contributed by atoms with E-state index < -0.39 is 11.6 Å². The third kappa shape index (κ3) is 5.21. The SMILES string of the molecule is CC(C)N[C@](N)(c1ccc(Cl)cc1)[C@H](CCC(=O)O)c1cccc(Cl)c1. The number of hydrogen-bond donors (Lipinski definition) is 3. The van der Waals surface area contributed by atoms with Crippen LogP contribution in [0.3, 0.4) is 0 Å². The molecule has 0 spiro atoms. The van der Waals surface area contributed by atoms with Crippen molar-refractivity contribution in [2.24, 2.45) is 5.73 Å². The third-order valence-corrected chi connectivity index (χ3v) is 4.78. The summed E-state index contributed by atoms with van der Waals surface area (Å²) in [7, 11) is 0. The number of nitrogens with one attached hydrogen (secondary N) is 1. The number of carboxylic acid groups (broad SMARTS) is 1. The standard InChI is InChI=1S/C20H24Cl2N2O2/c1-13(2)24-20(23,15-6-8-16(21)9-7-15)18(10-11-19(25)26)14-4-3-5-17(22)12-14/h3-9,12-13,18,24H,10-11,23H2,1-2H3,(H,25,26)/t18-,20-/m1/s1. The molecule has 0 aliphatic heterocycles. The van der Waals surface area contributed by atoms with Crippen molar-refractivity contribution < 1.29 is 9.90 Å². The number of benzene rings is 2. The number of nitrogens with two attached hydrogens (primary N) is 1. The molecule has 2 rings (SSSR count). The monoisotopic (exact) mass is 394 g/mol. The van der Waals surface area contributed by atoms with E-state index in [9.17, 15) is 9.90 Å². The molecule has 26 heavy (non-hydrogen) atoms. The molecule has 0 aliphatic carbocycles. The first kappa shape index (κ1) is 20.7. The van der Waals surface area contributed by atoms with Crippen molar-refractivity contribution in [3.8, 4) is 0 Å². The van der Waals surface area contributed by atoms with Crippen molar-refractivity contribution in [3.05, 3.63) is 69.7 Å². The van der Waals surface area contributed by atoms with Crippen LogP contribution in [0, 0.1) is 0 Å². The minimum atomic E-state index is -0.973. The molecule has 4 nitrogen and oxygen atoms in total. The van der Waals surface area contributed by atoms with Crippen molar-refractivity contribution in [1.29, 1.82) is 0 Å². The predicted molar refractivity (Wildman–Crippen MR) is 107 cm³/mol. The van der Waals surface area contributed by atoms with Crippen molar-refractivity contribution in [2.75, 3.05) is 0 Å². The highest BCUT2D eigenvalue weighted by atomic mass is 35.5. The van der Waals surface area contributed by atoms with Gasteiger partial charge in [0.05, 0.1) is 5.66 Å². The summed E-state index contributed by atoms with van der Waals surface area (Å²) in [6, 6.07) is 14.8. The van der Waals surface area contributed by atoms with Gasteiger partial charge in [-0.2, -0.15) is 0 Å². The Morgan fingerprint density at radius 1 is 1.15 bits per heavy atom. The van der Waals surface area contributed by atoms with Gasteiger partial charge in [-0.3, -0.25) is 10.1 Å². The van der Waals surface area contributed by atoms with E-state index in [1.165, 1.54) is 0 Å². The van der Waals surface area contributed by atoms with Crippen LogP contribution in [0.25, 0.3) is 0 Å². The molecule has 0 aliphatic rings. The first-order chi connectivity index (χ1) is 12.2. The average molecular weight is 395 g/mol. The molecule has 2 aromatic rings. The summed E-state index contributed by atoms with van der Waals surface area (Å²) in [5.41, 5.74) is 7.65.